The molecule has 3 rings (SSSR count). The number of hydrogen-bond acceptors (Lipinski definition) is 5. The number of aromatic nitrogens is 1. The van der Waals surface area contributed by atoms with Gasteiger partial charge in [0.2, 0.25) is 17.6 Å². The van der Waals surface area contributed by atoms with Crippen molar-refractivity contribution < 1.29 is 23.9 Å². The van der Waals surface area contributed by atoms with Crippen LogP contribution in [-0.2, 0) is 26.2 Å². The van der Waals surface area contributed by atoms with Gasteiger partial charge in [0.25, 0.3) is 0 Å². The van der Waals surface area contributed by atoms with Crippen LogP contribution in [0, 0.1) is 11.8 Å². The third kappa shape index (κ3) is 2.89. The third-order valence-electron chi connectivity index (χ3n) is 4.48. The normalized spacial score (nSPS) is 22.6. The number of aryl methyl sites for hydroxylation is 1. The van der Waals surface area contributed by atoms with Gasteiger partial charge in [-0.25, -0.2) is 0 Å². The molecule has 2 atom stereocenters. The summed E-state index contributed by atoms with van der Waals surface area (Å²) in [6.45, 7) is -0.855. The summed E-state index contributed by atoms with van der Waals surface area (Å²) in [6.07, 6.45) is 6.52. The number of likely N-dealkylation sites (tertiary alicyclic amines) is 1. The van der Waals surface area contributed by atoms with E-state index >= 15 is 0 Å². The van der Waals surface area contributed by atoms with Gasteiger partial charge in [0, 0.05) is 13.2 Å². The lowest BCUT2D eigenvalue weighted by Gasteiger charge is -2.14. The highest BCUT2D eigenvalue weighted by Gasteiger charge is 2.47. The molecule has 2 aliphatic rings. The predicted octanol–water partition coefficient (Wildman–Crippen LogP) is 0.702. The standard InChI is InChI=1S/C17H18N2O5/c1-18-8-4-7-13(18)14(20)10-24-15(21)9-19-16(22)11-5-2-3-6-12(11)17(19)23/h2-4,7-8,11-12H,5-6,9-10H2,1H3/t11-,12+. The maximum absolute atomic E-state index is 12.2. The minimum absolute atomic E-state index is 0.333. The van der Waals surface area contributed by atoms with Gasteiger partial charge in [-0.05, 0) is 25.0 Å². The first-order valence-corrected chi connectivity index (χ1v) is 7.79. The third-order valence-corrected chi connectivity index (χ3v) is 4.48. The topological polar surface area (TPSA) is 85.7 Å². The molecule has 1 aromatic rings. The van der Waals surface area contributed by atoms with E-state index in [1.54, 1.807) is 29.9 Å². The zero-order valence-electron chi connectivity index (χ0n) is 13.3. The lowest BCUT2D eigenvalue weighted by atomic mass is 9.85. The van der Waals surface area contributed by atoms with Crippen molar-refractivity contribution in [3.8, 4) is 0 Å². The Morgan fingerprint density at radius 1 is 1.17 bits per heavy atom. The number of fused-ring (bicyclic) bond motifs is 1. The molecule has 0 saturated carbocycles. The molecule has 0 aromatic carbocycles. The van der Waals surface area contributed by atoms with E-state index in [2.05, 4.69) is 0 Å². The fourth-order valence-corrected chi connectivity index (χ4v) is 3.17. The van der Waals surface area contributed by atoms with E-state index in [4.69, 9.17) is 4.74 Å². The van der Waals surface area contributed by atoms with Crippen molar-refractivity contribution in [3.63, 3.8) is 0 Å². The summed E-state index contributed by atoms with van der Waals surface area (Å²) in [4.78, 5) is 49.3. The van der Waals surface area contributed by atoms with E-state index in [1.807, 2.05) is 12.2 Å². The molecule has 0 radical (unpaired) electrons. The van der Waals surface area contributed by atoms with Crippen molar-refractivity contribution in [3.05, 3.63) is 36.2 Å². The van der Waals surface area contributed by atoms with E-state index in [9.17, 15) is 19.2 Å². The Bertz CT molecular complexity index is 707. The molecule has 126 valence electrons. The minimum atomic E-state index is -0.758. The summed E-state index contributed by atoms with van der Waals surface area (Å²) in [5, 5.41) is 0. The quantitative estimate of drug-likeness (QED) is 0.343. The highest BCUT2D eigenvalue weighted by molar-refractivity contribution is 6.07. The molecule has 7 nitrogen and oxygen atoms in total. The van der Waals surface area contributed by atoms with Gasteiger partial charge in [-0.2, -0.15) is 0 Å². The van der Waals surface area contributed by atoms with Gasteiger partial charge in [-0.3, -0.25) is 24.1 Å². The summed E-state index contributed by atoms with van der Waals surface area (Å²) >= 11 is 0. The summed E-state index contributed by atoms with van der Waals surface area (Å²) in [7, 11) is 1.71. The Balaban J connectivity index is 1.56. The van der Waals surface area contributed by atoms with Crippen LogP contribution in [0.2, 0.25) is 0 Å². The maximum atomic E-state index is 12.2. The fraction of sp³-hybridized carbons (Fsp3) is 0.412. The highest BCUT2D eigenvalue weighted by atomic mass is 16.5. The lowest BCUT2D eigenvalue weighted by molar-refractivity contribution is -0.152. The SMILES string of the molecule is Cn1cccc1C(=O)COC(=O)CN1C(=O)[C@H]2CC=CC[C@H]2C1=O. The van der Waals surface area contributed by atoms with Crippen molar-refractivity contribution in [2.45, 2.75) is 12.8 Å². The number of ether oxygens (including phenoxy) is 1. The molecule has 2 amide bonds. The number of Topliss-reactive ketones (excluding diaryl/α,β-unsaturated/α-hetero) is 1. The van der Waals surface area contributed by atoms with Crippen molar-refractivity contribution in [1.82, 2.24) is 9.47 Å². The molecule has 0 bridgehead atoms. The largest absolute Gasteiger partial charge is 0.456 e. The average Bonchev–Trinajstić information content (AvgIpc) is 3.11. The Kier molecular flexibility index (Phi) is 4.33. The fourth-order valence-electron chi connectivity index (χ4n) is 3.17. The summed E-state index contributed by atoms with van der Waals surface area (Å²) < 4.78 is 6.56. The van der Waals surface area contributed by atoms with Gasteiger partial charge < -0.3 is 9.30 Å². The second kappa shape index (κ2) is 6.43. The van der Waals surface area contributed by atoms with Crippen molar-refractivity contribution in [2.75, 3.05) is 13.2 Å². The number of allylic oxidation sites excluding steroid dienone is 2. The first-order valence-electron chi connectivity index (χ1n) is 7.79. The molecule has 1 fully saturated rings. The number of amides is 2. The highest BCUT2D eigenvalue weighted by Crippen LogP contribution is 2.34. The van der Waals surface area contributed by atoms with Gasteiger partial charge in [0.05, 0.1) is 17.5 Å². The van der Waals surface area contributed by atoms with Crippen molar-refractivity contribution in [2.24, 2.45) is 18.9 Å². The Morgan fingerprint density at radius 2 is 1.79 bits per heavy atom. The first-order chi connectivity index (χ1) is 11.5. The second-order valence-electron chi connectivity index (χ2n) is 6.01. The van der Waals surface area contributed by atoms with Crippen LogP contribution >= 0.6 is 0 Å². The van der Waals surface area contributed by atoms with Crippen LogP contribution in [0.15, 0.2) is 30.5 Å². The minimum Gasteiger partial charge on any atom is -0.456 e. The summed E-state index contributed by atoms with van der Waals surface area (Å²) in [5.74, 6) is -2.51. The molecule has 1 saturated heterocycles. The van der Waals surface area contributed by atoms with Crippen LogP contribution < -0.4 is 0 Å². The van der Waals surface area contributed by atoms with Gasteiger partial charge in [-0.15, -0.1) is 0 Å². The molecule has 1 aromatic heterocycles. The van der Waals surface area contributed by atoms with Crippen LogP contribution in [-0.4, -0.2) is 46.2 Å². The monoisotopic (exact) mass is 330 g/mol. The number of hydrogen-bond donors (Lipinski definition) is 0. The predicted molar refractivity (Wildman–Crippen MR) is 82.8 cm³/mol. The number of carbonyl (C=O) groups excluding carboxylic acids is 4. The molecule has 7 heteroatoms. The number of imide groups is 1. The molecule has 0 N–H and O–H groups in total. The van der Waals surface area contributed by atoms with E-state index in [-0.39, 0.29) is 29.4 Å². The van der Waals surface area contributed by atoms with Crippen LogP contribution in [0.25, 0.3) is 0 Å². The maximum Gasteiger partial charge on any atom is 0.326 e. The van der Waals surface area contributed by atoms with Crippen LogP contribution in [0.4, 0.5) is 0 Å². The molecule has 0 unspecified atom stereocenters. The Labute approximate surface area is 138 Å². The molecule has 1 aliphatic heterocycles. The second-order valence-corrected chi connectivity index (χ2v) is 6.01. The molecular formula is C17H18N2O5. The zero-order valence-corrected chi connectivity index (χ0v) is 13.3. The number of rotatable bonds is 5. The smallest absolute Gasteiger partial charge is 0.326 e. The van der Waals surface area contributed by atoms with Crippen molar-refractivity contribution in [1.29, 1.82) is 0 Å². The lowest BCUT2D eigenvalue weighted by Crippen LogP contribution is -2.37. The molecule has 2 heterocycles. The summed E-state index contributed by atoms with van der Waals surface area (Å²) in [5.41, 5.74) is 0.424. The number of carbonyl (C=O) groups is 4. The Hall–Kier alpha value is -2.70. The molecule has 0 spiro atoms. The number of esters is 1. The van der Waals surface area contributed by atoms with Gasteiger partial charge in [0.1, 0.15) is 6.54 Å². The van der Waals surface area contributed by atoms with Gasteiger partial charge in [-0.1, -0.05) is 12.2 Å². The number of nitrogens with zero attached hydrogens (tertiary/aromatic N) is 2. The first kappa shape index (κ1) is 16.2. The van der Waals surface area contributed by atoms with Crippen LogP contribution in [0.1, 0.15) is 23.3 Å². The van der Waals surface area contributed by atoms with Crippen molar-refractivity contribution >= 4 is 23.6 Å². The van der Waals surface area contributed by atoms with E-state index in [0.29, 0.717) is 18.5 Å². The van der Waals surface area contributed by atoms with E-state index < -0.39 is 19.1 Å². The van der Waals surface area contributed by atoms with Crippen LogP contribution in [0.5, 0.6) is 0 Å². The Morgan fingerprint density at radius 3 is 2.33 bits per heavy atom. The van der Waals surface area contributed by atoms with Crippen LogP contribution in [0.3, 0.4) is 0 Å². The number of ketones is 1. The molecule has 1 aliphatic carbocycles. The van der Waals surface area contributed by atoms with E-state index in [0.717, 1.165) is 4.90 Å². The molecular weight excluding hydrogens is 312 g/mol. The van der Waals surface area contributed by atoms with Gasteiger partial charge in [0.15, 0.2) is 6.61 Å². The average molecular weight is 330 g/mol. The summed E-state index contributed by atoms with van der Waals surface area (Å²) in [6, 6.07) is 3.34. The van der Waals surface area contributed by atoms with Gasteiger partial charge >= 0.3 is 5.97 Å². The van der Waals surface area contributed by atoms with E-state index in [1.165, 1.54) is 0 Å². The zero-order chi connectivity index (χ0) is 17.3. The molecule has 24 heavy (non-hydrogen) atoms.